The Morgan fingerprint density at radius 2 is 0.606 bits per heavy atom. The number of nitriles is 2. The second kappa shape index (κ2) is 15.8. The summed E-state index contributed by atoms with van der Waals surface area (Å²) in [5.74, 6) is 0. The van der Waals surface area contributed by atoms with E-state index in [1.54, 1.807) is 6.07 Å². The molecular formula is C66H61N5. The second-order valence-electron chi connectivity index (χ2n) is 23.9. The van der Waals surface area contributed by atoms with Crippen LogP contribution in [0.3, 0.4) is 0 Å². The van der Waals surface area contributed by atoms with Crippen LogP contribution in [0.1, 0.15) is 116 Å². The van der Waals surface area contributed by atoms with Crippen LogP contribution in [-0.2, 0) is 21.7 Å². The molecule has 0 aliphatic heterocycles. The first-order chi connectivity index (χ1) is 33.6. The van der Waals surface area contributed by atoms with E-state index in [0.29, 0.717) is 11.1 Å². The summed E-state index contributed by atoms with van der Waals surface area (Å²) in [4.78, 5) is 0. The van der Waals surface area contributed by atoms with E-state index < -0.39 is 0 Å². The molecule has 71 heavy (non-hydrogen) atoms. The summed E-state index contributed by atoms with van der Waals surface area (Å²) in [5, 5.41) is 28.0. The number of fused-ring (bicyclic) bond motifs is 9. The van der Waals surface area contributed by atoms with E-state index in [1.165, 1.54) is 54.6 Å². The Kier molecular flexibility index (Phi) is 10.2. The minimum atomic E-state index is -0.0775. The van der Waals surface area contributed by atoms with Gasteiger partial charge >= 0.3 is 0 Å². The van der Waals surface area contributed by atoms with Gasteiger partial charge in [0.1, 0.15) is 0 Å². The maximum atomic E-state index is 10.4. The Balaban J connectivity index is 1.42. The molecule has 0 aliphatic rings. The van der Waals surface area contributed by atoms with Gasteiger partial charge in [0.2, 0.25) is 0 Å². The van der Waals surface area contributed by atoms with Gasteiger partial charge in [0.25, 0.3) is 0 Å². The van der Waals surface area contributed by atoms with E-state index >= 15 is 0 Å². The minimum Gasteiger partial charge on any atom is -0.307 e. The van der Waals surface area contributed by atoms with Crippen molar-refractivity contribution in [2.24, 2.45) is 0 Å². The molecule has 0 radical (unpaired) electrons. The number of para-hydroxylation sites is 2. The fourth-order valence-corrected chi connectivity index (χ4v) is 10.9. The standard InChI is InChI=1S/C66H61N5/c1-63(2,3)44-21-25-56-50(34-44)51-35-45(64(4,5)6)22-26-57(51)69(56)60-32-43(42-30-40(38-67)29-41(31-42)39-68)33-61(62(60)71-54-19-15-13-17-48(54)49-18-14-16-20-55(49)71)70-58-27-23-46(65(7,8)9)36-52(58)53-37-47(66(10,11)12)24-28-59(53)70/h13-37H,1-12H3. The first-order valence-corrected chi connectivity index (χ1v) is 25.0. The SMILES string of the molecule is CC(C)(C)c1ccc2c(c1)c1cc(C(C)(C)C)ccc1n2-c1cc(-c2cc(C#N)cc(C#N)c2)cc(-n2c3ccc(C(C)(C)C)cc3c3cc(C(C)(C)C)ccc32)c1-n1c2ccccc2c2ccccc21. The lowest BCUT2D eigenvalue weighted by atomic mass is 9.85. The van der Waals surface area contributed by atoms with Crippen molar-refractivity contribution >= 4 is 65.4 Å². The molecule has 0 unspecified atom stereocenters. The first-order valence-electron chi connectivity index (χ1n) is 25.0. The van der Waals surface area contributed by atoms with Gasteiger partial charge in [-0.25, -0.2) is 0 Å². The van der Waals surface area contributed by atoms with E-state index in [1.807, 2.05) is 12.1 Å². The van der Waals surface area contributed by atoms with E-state index in [2.05, 4.69) is 242 Å². The van der Waals surface area contributed by atoms with Crippen LogP contribution in [0.4, 0.5) is 0 Å². The first kappa shape index (κ1) is 45.6. The Morgan fingerprint density at radius 1 is 0.310 bits per heavy atom. The Morgan fingerprint density at radius 3 is 0.915 bits per heavy atom. The van der Waals surface area contributed by atoms with Crippen molar-refractivity contribution in [3.63, 3.8) is 0 Å². The van der Waals surface area contributed by atoms with Crippen LogP contribution in [0.5, 0.6) is 0 Å². The quantitative estimate of drug-likeness (QED) is 0.177. The van der Waals surface area contributed by atoms with Gasteiger partial charge in [0.05, 0.1) is 73.4 Å². The Bertz CT molecular complexity index is 3700. The zero-order valence-electron chi connectivity index (χ0n) is 43.2. The number of benzene rings is 8. The molecule has 0 aliphatic carbocycles. The zero-order valence-corrected chi connectivity index (χ0v) is 43.2. The summed E-state index contributed by atoms with van der Waals surface area (Å²) in [6, 6.07) is 60.6. The molecule has 8 aromatic carbocycles. The van der Waals surface area contributed by atoms with Crippen molar-refractivity contribution in [3.8, 4) is 40.3 Å². The summed E-state index contributed by atoms with van der Waals surface area (Å²) < 4.78 is 7.46. The molecule has 0 saturated heterocycles. The van der Waals surface area contributed by atoms with Crippen molar-refractivity contribution in [3.05, 3.63) is 185 Å². The van der Waals surface area contributed by atoms with Crippen molar-refractivity contribution in [2.75, 3.05) is 0 Å². The summed E-state index contributed by atoms with van der Waals surface area (Å²) in [6.07, 6.45) is 0. The van der Waals surface area contributed by atoms with Crippen molar-refractivity contribution in [1.29, 1.82) is 10.5 Å². The average molecular weight is 924 g/mol. The molecule has 5 heteroatoms. The van der Waals surface area contributed by atoms with Crippen molar-refractivity contribution < 1.29 is 0 Å². The highest BCUT2D eigenvalue weighted by molar-refractivity contribution is 6.14. The Labute approximate surface area is 417 Å². The van der Waals surface area contributed by atoms with Gasteiger partial charge in [-0.2, -0.15) is 10.5 Å². The molecule has 3 heterocycles. The topological polar surface area (TPSA) is 62.4 Å². The van der Waals surface area contributed by atoms with Crippen molar-refractivity contribution in [2.45, 2.75) is 105 Å². The van der Waals surface area contributed by atoms with Crippen LogP contribution in [-0.4, -0.2) is 13.7 Å². The van der Waals surface area contributed by atoms with Crippen LogP contribution in [0, 0.1) is 22.7 Å². The van der Waals surface area contributed by atoms with E-state index in [-0.39, 0.29) is 21.7 Å². The highest BCUT2D eigenvalue weighted by atomic mass is 15.1. The lowest BCUT2D eigenvalue weighted by Gasteiger charge is -2.24. The predicted molar refractivity (Wildman–Crippen MR) is 299 cm³/mol. The van der Waals surface area contributed by atoms with Gasteiger partial charge in [-0.15, -0.1) is 0 Å². The fraction of sp³-hybridized carbons (Fsp3) is 0.242. The molecule has 11 aromatic rings. The number of nitrogens with zero attached hydrogens (tertiary/aromatic N) is 5. The van der Waals surface area contributed by atoms with Crippen molar-refractivity contribution in [1.82, 2.24) is 13.7 Å². The van der Waals surface area contributed by atoms with Crippen LogP contribution < -0.4 is 0 Å². The molecule has 0 spiro atoms. The van der Waals surface area contributed by atoms with Crippen LogP contribution in [0.15, 0.2) is 152 Å². The smallest absolute Gasteiger partial charge is 0.0992 e. The van der Waals surface area contributed by atoms with E-state index in [0.717, 1.165) is 61.3 Å². The minimum absolute atomic E-state index is 0.0775. The lowest BCUT2D eigenvalue weighted by molar-refractivity contribution is 0.590. The number of hydrogen-bond donors (Lipinski definition) is 0. The number of aromatic nitrogens is 3. The van der Waals surface area contributed by atoms with E-state index in [9.17, 15) is 10.5 Å². The van der Waals surface area contributed by atoms with Gasteiger partial charge in [-0.1, -0.05) is 144 Å². The van der Waals surface area contributed by atoms with Gasteiger partial charge in [0.15, 0.2) is 0 Å². The highest BCUT2D eigenvalue weighted by Crippen LogP contribution is 2.47. The second-order valence-corrected chi connectivity index (χ2v) is 23.9. The average Bonchev–Trinajstić information content (AvgIpc) is 3.97. The molecule has 0 N–H and O–H groups in total. The molecule has 350 valence electrons. The van der Waals surface area contributed by atoms with Gasteiger partial charge in [-0.05, 0) is 146 Å². The zero-order chi connectivity index (χ0) is 50.1. The maximum Gasteiger partial charge on any atom is 0.0992 e. The molecule has 11 rings (SSSR count). The summed E-state index contributed by atoms with van der Waals surface area (Å²) >= 11 is 0. The van der Waals surface area contributed by atoms with Gasteiger partial charge in [0, 0.05) is 32.3 Å². The molecule has 0 saturated carbocycles. The predicted octanol–water partition coefficient (Wildman–Crippen LogP) is 17.6. The largest absolute Gasteiger partial charge is 0.307 e. The van der Waals surface area contributed by atoms with Gasteiger partial charge in [-0.3, -0.25) is 0 Å². The third kappa shape index (κ3) is 7.41. The summed E-state index contributed by atoms with van der Waals surface area (Å²) in [6.45, 7) is 27.4. The van der Waals surface area contributed by atoms with E-state index in [4.69, 9.17) is 0 Å². The lowest BCUT2D eigenvalue weighted by Crippen LogP contribution is -2.12. The molecular weight excluding hydrogens is 863 g/mol. The molecule has 0 amide bonds. The molecule has 0 fully saturated rings. The van der Waals surface area contributed by atoms with Gasteiger partial charge < -0.3 is 13.7 Å². The van der Waals surface area contributed by atoms with Crippen LogP contribution >= 0.6 is 0 Å². The van der Waals surface area contributed by atoms with Crippen LogP contribution in [0.25, 0.3) is 93.6 Å². The number of hydrogen-bond acceptors (Lipinski definition) is 2. The highest BCUT2D eigenvalue weighted by Gasteiger charge is 2.29. The molecule has 3 aromatic heterocycles. The Hall–Kier alpha value is -7.86. The summed E-state index contributed by atoms with van der Waals surface area (Å²) in [5.41, 5.74) is 16.9. The third-order valence-corrected chi connectivity index (χ3v) is 14.9. The molecule has 0 bridgehead atoms. The normalized spacial score (nSPS) is 12.8. The molecule has 0 atom stereocenters. The van der Waals surface area contributed by atoms with Crippen LogP contribution in [0.2, 0.25) is 0 Å². The number of rotatable bonds is 4. The third-order valence-electron chi connectivity index (χ3n) is 14.9. The molecule has 5 nitrogen and oxygen atoms in total. The summed E-state index contributed by atoms with van der Waals surface area (Å²) in [7, 11) is 0. The monoisotopic (exact) mass is 923 g/mol. The fourth-order valence-electron chi connectivity index (χ4n) is 10.9. The maximum absolute atomic E-state index is 10.4.